The van der Waals surface area contributed by atoms with Crippen LogP contribution < -0.4 is 10.0 Å². The predicted molar refractivity (Wildman–Crippen MR) is 126 cm³/mol. The molecule has 1 amide bonds. The molecule has 0 saturated carbocycles. The second kappa shape index (κ2) is 9.64. The molecule has 3 rings (SSSR count). The Morgan fingerprint density at radius 3 is 2.39 bits per heavy atom. The van der Waals surface area contributed by atoms with E-state index in [2.05, 4.69) is 15.4 Å². The van der Waals surface area contributed by atoms with Gasteiger partial charge in [-0.2, -0.15) is 11.3 Å². The third-order valence-electron chi connectivity index (χ3n) is 5.08. The van der Waals surface area contributed by atoms with Gasteiger partial charge in [-0.3, -0.25) is 9.52 Å². The minimum atomic E-state index is -3.82. The van der Waals surface area contributed by atoms with Crippen molar-refractivity contribution in [1.29, 1.82) is 0 Å². The number of nitrogens with one attached hydrogen (secondary N) is 2. The van der Waals surface area contributed by atoms with Crippen molar-refractivity contribution in [2.45, 2.75) is 24.8 Å². The summed E-state index contributed by atoms with van der Waals surface area (Å²) in [6.07, 6.45) is 0. The molecule has 2 N–H and O–H groups in total. The molecule has 1 atom stereocenters. The molecule has 0 radical (unpaired) electrons. The lowest BCUT2D eigenvalue weighted by Crippen LogP contribution is -2.34. The Morgan fingerprint density at radius 1 is 1.06 bits per heavy atom. The molecule has 0 saturated heterocycles. The van der Waals surface area contributed by atoms with Crippen LogP contribution in [0.25, 0.3) is 0 Å². The Labute approximate surface area is 188 Å². The van der Waals surface area contributed by atoms with Crippen LogP contribution in [0.5, 0.6) is 0 Å². The SMILES string of the molecule is Cc1ccc(NS(=O)(=O)c2ccc(C)c(C(=O)NCC(c3ccsc3)N(C)C)c2)cc1. The molecule has 0 spiro atoms. The van der Waals surface area contributed by atoms with Crippen LogP contribution >= 0.6 is 11.3 Å². The van der Waals surface area contributed by atoms with Gasteiger partial charge in [-0.15, -0.1) is 0 Å². The van der Waals surface area contributed by atoms with E-state index in [0.717, 1.165) is 11.1 Å². The van der Waals surface area contributed by atoms with Crippen LogP contribution in [0, 0.1) is 13.8 Å². The highest BCUT2D eigenvalue weighted by molar-refractivity contribution is 7.92. The van der Waals surface area contributed by atoms with E-state index in [1.54, 1.807) is 36.5 Å². The summed E-state index contributed by atoms with van der Waals surface area (Å²) in [5, 5.41) is 7.02. The molecule has 8 heteroatoms. The molecule has 0 bridgehead atoms. The minimum Gasteiger partial charge on any atom is -0.350 e. The number of nitrogens with zero attached hydrogens (tertiary/aromatic N) is 1. The van der Waals surface area contributed by atoms with Crippen molar-refractivity contribution < 1.29 is 13.2 Å². The van der Waals surface area contributed by atoms with E-state index in [1.807, 2.05) is 49.5 Å². The number of hydrogen-bond acceptors (Lipinski definition) is 5. The van der Waals surface area contributed by atoms with Crippen molar-refractivity contribution in [2.75, 3.05) is 25.4 Å². The number of aryl methyl sites for hydroxylation is 2. The molecule has 0 aliphatic carbocycles. The van der Waals surface area contributed by atoms with E-state index in [4.69, 9.17) is 0 Å². The molecule has 0 aliphatic rings. The van der Waals surface area contributed by atoms with E-state index in [0.29, 0.717) is 23.4 Å². The molecule has 0 aliphatic heterocycles. The standard InChI is InChI=1S/C23H27N3O3S2/c1-16-5-8-19(9-6-16)25-31(28,29)20-10-7-17(2)21(13-20)23(27)24-14-22(26(3)4)18-11-12-30-15-18/h5-13,15,22,25H,14H2,1-4H3,(H,24,27). The quantitative estimate of drug-likeness (QED) is 0.531. The van der Waals surface area contributed by atoms with Gasteiger partial charge in [0.2, 0.25) is 0 Å². The molecule has 1 heterocycles. The van der Waals surface area contributed by atoms with Crippen LogP contribution in [-0.2, 0) is 10.0 Å². The van der Waals surface area contributed by atoms with E-state index in [-0.39, 0.29) is 16.8 Å². The fourth-order valence-corrected chi connectivity index (χ4v) is 4.99. The summed E-state index contributed by atoms with van der Waals surface area (Å²) in [5.74, 6) is -0.299. The zero-order valence-corrected chi connectivity index (χ0v) is 19.7. The number of benzene rings is 2. The molecular weight excluding hydrogens is 430 g/mol. The van der Waals surface area contributed by atoms with Crippen molar-refractivity contribution >= 4 is 33.0 Å². The van der Waals surface area contributed by atoms with Gasteiger partial charge in [-0.1, -0.05) is 23.8 Å². The Bertz CT molecular complexity index is 1140. The van der Waals surface area contributed by atoms with Gasteiger partial charge in [0.05, 0.1) is 10.9 Å². The van der Waals surface area contributed by atoms with Gasteiger partial charge in [0.1, 0.15) is 0 Å². The molecule has 2 aromatic carbocycles. The first kappa shape index (κ1) is 23.0. The normalized spacial score (nSPS) is 12.5. The molecule has 0 fully saturated rings. The van der Waals surface area contributed by atoms with Crippen molar-refractivity contribution in [3.05, 3.63) is 81.5 Å². The number of carbonyl (C=O) groups excluding carboxylic acids is 1. The number of rotatable bonds is 8. The molecule has 3 aromatic rings. The van der Waals surface area contributed by atoms with Crippen LogP contribution in [0.1, 0.15) is 33.1 Å². The van der Waals surface area contributed by atoms with Gasteiger partial charge < -0.3 is 10.2 Å². The van der Waals surface area contributed by atoms with E-state index >= 15 is 0 Å². The van der Waals surface area contributed by atoms with Crippen LogP contribution in [0.15, 0.2) is 64.2 Å². The van der Waals surface area contributed by atoms with Crippen molar-refractivity contribution in [1.82, 2.24) is 10.2 Å². The Morgan fingerprint density at radius 2 is 1.77 bits per heavy atom. The Hall–Kier alpha value is -2.68. The van der Waals surface area contributed by atoms with Crippen LogP contribution in [0.2, 0.25) is 0 Å². The summed E-state index contributed by atoms with van der Waals surface area (Å²) >= 11 is 1.61. The maximum Gasteiger partial charge on any atom is 0.261 e. The van der Waals surface area contributed by atoms with E-state index in [1.165, 1.54) is 12.1 Å². The van der Waals surface area contributed by atoms with Crippen molar-refractivity contribution in [3.63, 3.8) is 0 Å². The number of anilines is 1. The van der Waals surface area contributed by atoms with Gasteiger partial charge >= 0.3 is 0 Å². The fourth-order valence-electron chi connectivity index (χ4n) is 3.20. The lowest BCUT2D eigenvalue weighted by molar-refractivity contribution is 0.0941. The maximum absolute atomic E-state index is 12.9. The lowest BCUT2D eigenvalue weighted by Gasteiger charge is -2.24. The van der Waals surface area contributed by atoms with Gasteiger partial charge in [0, 0.05) is 17.8 Å². The summed E-state index contributed by atoms with van der Waals surface area (Å²) in [4.78, 5) is 15.0. The smallest absolute Gasteiger partial charge is 0.261 e. The number of thiophene rings is 1. The second-order valence-electron chi connectivity index (χ2n) is 7.69. The number of likely N-dealkylation sites (N-methyl/N-ethyl adjacent to an activating group) is 1. The predicted octanol–water partition coefficient (Wildman–Crippen LogP) is 4.20. The molecule has 1 unspecified atom stereocenters. The summed E-state index contributed by atoms with van der Waals surface area (Å²) in [5.41, 5.74) is 3.70. The summed E-state index contributed by atoms with van der Waals surface area (Å²) < 4.78 is 28.2. The van der Waals surface area contributed by atoms with E-state index < -0.39 is 10.0 Å². The van der Waals surface area contributed by atoms with Crippen LogP contribution in [0.4, 0.5) is 5.69 Å². The summed E-state index contributed by atoms with van der Waals surface area (Å²) in [6, 6.07) is 13.7. The van der Waals surface area contributed by atoms with Crippen molar-refractivity contribution in [3.8, 4) is 0 Å². The molecular formula is C23H27N3O3S2. The largest absolute Gasteiger partial charge is 0.350 e. The third kappa shape index (κ3) is 5.72. The van der Waals surface area contributed by atoms with Gasteiger partial charge in [0.15, 0.2) is 0 Å². The third-order valence-corrected chi connectivity index (χ3v) is 7.16. The number of carbonyl (C=O) groups is 1. The average molecular weight is 458 g/mol. The minimum absolute atomic E-state index is 0.0330. The number of amides is 1. The monoisotopic (exact) mass is 457 g/mol. The highest BCUT2D eigenvalue weighted by atomic mass is 32.2. The Balaban J connectivity index is 1.78. The fraction of sp³-hybridized carbons (Fsp3) is 0.261. The van der Waals surface area contributed by atoms with Gasteiger partial charge in [0.25, 0.3) is 15.9 Å². The Kier molecular flexibility index (Phi) is 7.15. The summed E-state index contributed by atoms with van der Waals surface area (Å²) in [6.45, 7) is 4.14. The molecule has 1 aromatic heterocycles. The lowest BCUT2D eigenvalue weighted by atomic mass is 10.1. The molecule has 31 heavy (non-hydrogen) atoms. The van der Waals surface area contributed by atoms with Gasteiger partial charge in [-0.25, -0.2) is 8.42 Å². The maximum atomic E-state index is 12.9. The summed E-state index contributed by atoms with van der Waals surface area (Å²) in [7, 11) is 0.108. The highest BCUT2D eigenvalue weighted by Gasteiger charge is 2.20. The zero-order valence-electron chi connectivity index (χ0n) is 18.0. The molecule has 6 nitrogen and oxygen atoms in total. The topological polar surface area (TPSA) is 78.5 Å². The first-order valence-electron chi connectivity index (χ1n) is 9.84. The number of sulfonamides is 1. The first-order valence-corrected chi connectivity index (χ1v) is 12.3. The average Bonchev–Trinajstić information content (AvgIpc) is 3.24. The second-order valence-corrected chi connectivity index (χ2v) is 10.2. The van der Waals surface area contributed by atoms with Crippen molar-refractivity contribution in [2.24, 2.45) is 0 Å². The molecule has 164 valence electrons. The zero-order chi connectivity index (χ0) is 22.6. The number of hydrogen-bond donors (Lipinski definition) is 2. The van der Waals surface area contributed by atoms with Crippen LogP contribution in [0.3, 0.4) is 0 Å². The van der Waals surface area contributed by atoms with Gasteiger partial charge in [-0.05, 0) is 80.2 Å². The van der Waals surface area contributed by atoms with E-state index in [9.17, 15) is 13.2 Å². The first-order chi connectivity index (χ1) is 14.7. The van der Waals surface area contributed by atoms with Crippen LogP contribution in [-0.4, -0.2) is 39.9 Å². The highest BCUT2D eigenvalue weighted by Crippen LogP contribution is 2.22.